The molecule has 1 N–H and O–H groups in total. The highest BCUT2D eigenvalue weighted by molar-refractivity contribution is 5.32. The number of carboxylic acid groups (broad SMARTS) is 1. The molecule has 0 atom stereocenters. The normalized spacial score (nSPS) is 20.0. The summed E-state index contributed by atoms with van der Waals surface area (Å²) < 4.78 is 11.2. The Bertz CT molecular complexity index is 444. The van der Waals surface area contributed by atoms with Crippen LogP contribution in [0.25, 0.3) is 0 Å². The van der Waals surface area contributed by atoms with Crippen LogP contribution >= 0.6 is 0 Å². The first kappa shape index (κ1) is 16.9. The van der Waals surface area contributed by atoms with Gasteiger partial charge in [-0.15, -0.1) is 0 Å². The van der Waals surface area contributed by atoms with Crippen molar-refractivity contribution in [2.24, 2.45) is 5.92 Å². The van der Waals surface area contributed by atoms with Gasteiger partial charge in [-0.2, -0.15) is 0 Å². The molecule has 5 nitrogen and oxygen atoms in total. The Morgan fingerprint density at radius 3 is 2.50 bits per heavy atom. The van der Waals surface area contributed by atoms with Gasteiger partial charge in [-0.1, -0.05) is 24.3 Å². The van der Waals surface area contributed by atoms with Crippen LogP contribution in [0, 0.1) is 5.92 Å². The monoisotopic (exact) mass is 307 g/mol. The molecule has 1 fully saturated rings. The molecule has 2 heterocycles. The molecule has 0 bridgehead atoms. The van der Waals surface area contributed by atoms with Crippen molar-refractivity contribution < 1.29 is 19.4 Å². The van der Waals surface area contributed by atoms with Crippen molar-refractivity contribution in [3.63, 3.8) is 0 Å². The van der Waals surface area contributed by atoms with E-state index in [4.69, 9.17) is 19.4 Å². The SMILES string of the molecule is O=CO.c1ccc2c(c1)CCCN(CC1COCCOC1)C2. The molecule has 1 saturated heterocycles. The second-order valence-electron chi connectivity index (χ2n) is 5.73. The maximum atomic E-state index is 8.36. The zero-order valence-corrected chi connectivity index (χ0v) is 12.9. The minimum absolute atomic E-state index is 0.250. The van der Waals surface area contributed by atoms with Crippen LogP contribution in [0.15, 0.2) is 24.3 Å². The van der Waals surface area contributed by atoms with Crippen molar-refractivity contribution in [1.29, 1.82) is 0 Å². The molecular formula is C17H25NO4. The molecule has 22 heavy (non-hydrogen) atoms. The molecule has 0 radical (unpaired) electrons. The molecule has 0 amide bonds. The van der Waals surface area contributed by atoms with Crippen molar-refractivity contribution in [3.8, 4) is 0 Å². The maximum absolute atomic E-state index is 8.36. The number of aryl methyl sites for hydroxylation is 1. The molecule has 0 saturated carbocycles. The Morgan fingerprint density at radius 2 is 1.82 bits per heavy atom. The van der Waals surface area contributed by atoms with Crippen LogP contribution in [0.4, 0.5) is 0 Å². The molecule has 2 aliphatic rings. The van der Waals surface area contributed by atoms with E-state index in [2.05, 4.69) is 29.2 Å². The lowest BCUT2D eigenvalue weighted by atomic mass is 10.0. The molecule has 0 spiro atoms. The van der Waals surface area contributed by atoms with Crippen LogP contribution in [-0.4, -0.2) is 56.0 Å². The van der Waals surface area contributed by atoms with Gasteiger partial charge in [0.25, 0.3) is 6.47 Å². The van der Waals surface area contributed by atoms with Gasteiger partial charge in [0.1, 0.15) is 0 Å². The van der Waals surface area contributed by atoms with Gasteiger partial charge in [-0.05, 0) is 30.5 Å². The molecule has 122 valence electrons. The lowest BCUT2D eigenvalue weighted by Gasteiger charge is -2.25. The van der Waals surface area contributed by atoms with Crippen LogP contribution in [0.5, 0.6) is 0 Å². The molecule has 0 unspecified atom stereocenters. The van der Waals surface area contributed by atoms with Crippen LogP contribution in [-0.2, 0) is 27.2 Å². The number of ether oxygens (including phenoxy) is 2. The zero-order valence-electron chi connectivity index (χ0n) is 12.9. The largest absolute Gasteiger partial charge is 0.483 e. The predicted octanol–water partition coefficient (Wildman–Crippen LogP) is 1.80. The topological polar surface area (TPSA) is 59.0 Å². The summed E-state index contributed by atoms with van der Waals surface area (Å²) in [6.45, 7) is 6.29. The number of nitrogens with zero attached hydrogens (tertiary/aromatic N) is 1. The van der Waals surface area contributed by atoms with E-state index in [1.54, 1.807) is 0 Å². The third-order valence-electron chi connectivity index (χ3n) is 4.03. The van der Waals surface area contributed by atoms with Gasteiger partial charge in [0.15, 0.2) is 0 Å². The number of benzene rings is 1. The molecular weight excluding hydrogens is 282 g/mol. The second kappa shape index (κ2) is 9.56. The van der Waals surface area contributed by atoms with Gasteiger partial charge in [0.05, 0.1) is 26.4 Å². The Morgan fingerprint density at radius 1 is 1.18 bits per heavy atom. The number of rotatable bonds is 2. The van der Waals surface area contributed by atoms with Gasteiger partial charge in [-0.25, -0.2) is 0 Å². The molecule has 5 heteroatoms. The summed E-state index contributed by atoms with van der Waals surface area (Å²) in [7, 11) is 0. The van der Waals surface area contributed by atoms with Gasteiger partial charge in [0, 0.05) is 19.0 Å². The summed E-state index contributed by atoms with van der Waals surface area (Å²) >= 11 is 0. The summed E-state index contributed by atoms with van der Waals surface area (Å²) in [5.41, 5.74) is 3.02. The van der Waals surface area contributed by atoms with Gasteiger partial charge < -0.3 is 14.6 Å². The molecule has 1 aromatic rings. The fourth-order valence-corrected chi connectivity index (χ4v) is 3.06. The molecule has 0 aromatic heterocycles. The minimum Gasteiger partial charge on any atom is -0.483 e. The third kappa shape index (κ3) is 5.40. The average molecular weight is 307 g/mol. The summed E-state index contributed by atoms with van der Waals surface area (Å²) in [6.07, 6.45) is 2.47. The van der Waals surface area contributed by atoms with E-state index >= 15 is 0 Å². The van der Waals surface area contributed by atoms with Crippen molar-refractivity contribution in [2.45, 2.75) is 19.4 Å². The summed E-state index contributed by atoms with van der Waals surface area (Å²) in [5, 5.41) is 6.89. The highest BCUT2D eigenvalue weighted by Crippen LogP contribution is 2.19. The Hall–Kier alpha value is -1.43. The van der Waals surface area contributed by atoms with Crippen LogP contribution in [0.1, 0.15) is 17.5 Å². The van der Waals surface area contributed by atoms with Crippen LogP contribution < -0.4 is 0 Å². The fraction of sp³-hybridized carbons (Fsp3) is 0.588. The van der Waals surface area contributed by atoms with Crippen LogP contribution in [0.3, 0.4) is 0 Å². The molecule has 1 aromatic carbocycles. The van der Waals surface area contributed by atoms with Crippen molar-refractivity contribution in [1.82, 2.24) is 4.90 Å². The van der Waals surface area contributed by atoms with E-state index in [1.165, 1.54) is 30.5 Å². The Labute approximate surface area is 131 Å². The van der Waals surface area contributed by atoms with E-state index in [-0.39, 0.29) is 6.47 Å². The number of carbonyl (C=O) groups is 1. The van der Waals surface area contributed by atoms with E-state index < -0.39 is 0 Å². The van der Waals surface area contributed by atoms with Gasteiger partial charge >= 0.3 is 0 Å². The van der Waals surface area contributed by atoms with Crippen molar-refractivity contribution in [3.05, 3.63) is 35.4 Å². The lowest BCUT2D eigenvalue weighted by Crippen LogP contribution is -2.32. The average Bonchev–Trinajstić information content (AvgIpc) is 2.88. The van der Waals surface area contributed by atoms with E-state index in [0.717, 1.165) is 39.5 Å². The highest BCUT2D eigenvalue weighted by Gasteiger charge is 2.19. The number of fused-ring (bicyclic) bond motifs is 1. The first-order valence-electron chi connectivity index (χ1n) is 7.86. The zero-order chi connectivity index (χ0) is 15.6. The van der Waals surface area contributed by atoms with Crippen molar-refractivity contribution >= 4 is 6.47 Å². The minimum atomic E-state index is -0.250. The summed E-state index contributed by atoms with van der Waals surface area (Å²) in [4.78, 5) is 10.9. The molecule has 3 rings (SSSR count). The molecule has 2 aliphatic heterocycles. The predicted molar refractivity (Wildman–Crippen MR) is 83.9 cm³/mol. The van der Waals surface area contributed by atoms with Gasteiger partial charge in [0.2, 0.25) is 0 Å². The molecule has 0 aliphatic carbocycles. The van der Waals surface area contributed by atoms with E-state index in [0.29, 0.717) is 5.92 Å². The Kier molecular flexibility index (Phi) is 7.36. The third-order valence-corrected chi connectivity index (χ3v) is 4.03. The van der Waals surface area contributed by atoms with Crippen LogP contribution in [0.2, 0.25) is 0 Å². The quantitative estimate of drug-likeness (QED) is 0.844. The smallest absolute Gasteiger partial charge is 0.290 e. The number of hydrogen-bond donors (Lipinski definition) is 1. The van der Waals surface area contributed by atoms with E-state index in [1.807, 2.05) is 0 Å². The lowest BCUT2D eigenvalue weighted by molar-refractivity contribution is -0.122. The van der Waals surface area contributed by atoms with Gasteiger partial charge in [-0.3, -0.25) is 9.69 Å². The van der Waals surface area contributed by atoms with E-state index in [9.17, 15) is 0 Å². The maximum Gasteiger partial charge on any atom is 0.290 e. The summed E-state index contributed by atoms with van der Waals surface area (Å²) in [5.74, 6) is 0.521. The standard InChI is InChI=1S/C16H23NO2.CH2O2/c1-2-5-16-11-17(7-3-6-15(16)4-1)10-14-12-18-8-9-19-13-14;2-1-3/h1-2,4-5,14H,3,6-13H2;1H,(H,2,3). The first-order valence-corrected chi connectivity index (χ1v) is 7.86. The first-order chi connectivity index (χ1) is 10.8. The Balaban J connectivity index is 0.000000545. The fourth-order valence-electron chi connectivity index (χ4n) is 3.06. The highest BCUT2D eigenvalue weighted by atomic mass is 16.5. The van der Waals surface area contributed by atoms with Crippen molar-refractivity contribution in [2.75, 3.05) is 39.5 Å². The second-order valence-corrected chi connectivity index (χ2v) is 5.73. The number of hydrogen-bond acceptors (Lipinski definition) is 4. The summed E-state index contributed by atoms with van der Waals surface area (Å²) in [6, 6.07) is 8.85.